The summed E-state index contributed by atoms with van der Waals surface area (Å²) in [6, 6.07) is 6.34. The highest BCUT2D eigenvalue weighted by atomic mass is 32.1. The molecule has 1 aromatic carbocycles. The number of nitrogens with zero attached hydrogens (tertiary/aromatic N) is 2. The third-order valence-corrected chi connectivity index (χ3v) is 4.56. The van der Waals surface area contributed by atoms with E-state index in [4.69, 9.17) is 4.74 Å². The first-order valence-corrected chi connectivity index (χ1v) is 8.25. The smallest absolute Gasteiger partial charge is 0.348 e. The molecule has 0 unspecified atom stereocenters. The highest BCUT2D eigenvalue weighted by Gasteiger charge is 2.21. The molecule has 5 nitrogen and oxygen atoms in total. The molecule has 1 N–H and O–H groups in total. The number of esters is 1. The number of rotatable bonds is 4. The van der Waals surface area contributed by atoms with Crippen LogP contribution >= 0.6 is 11.3 Å². The number of aromatic nitrogens is 2. The Balaban J connectivity index is 2.05. The zero-order valence-electron chi connectivity index (χ0n) is 13.5. The van der Waals surface area contributed by atoms with Crippen LogP contribution in [0.4, 0.5) is 15.9 Å². The quantitative estimate of drug-likeness (QED) is 0.708. The van der Waals surface area contributed by atoms with Gasteiger partial charge in [0.15, 0.2) is 0 Å². The second-order valence-corrected chi connectivity index (χ2v) is 6.52. The molecule has 0 atom stereocenters. The van der Waals surface area contributed by atoms with Gasteiger partial charge in [0.25, 0.3) is 0 Å². The van der Waals surface area contributed by atoms with Crippen molar-refractivity contribution in [1.82, 2.24) is 9.97 Å². The second-order valence-electron chi connectivity index (χ2n) is 5.52. The second kappa shape index (κ2) is 6.52. The van der Waals surface area contributed by atoms with Crippen molar-refractivity contribution in [3.63, 3.8) is 0 Å². The Hall–Kier alpha value is -2.54. The fourth-order valence-electron chi connectivity index (χ4n) is 2.32. The van der Waals surface area contributed by atoms with E-state index in [0.29, 0.717) is 26.6 Å². The standard InChI is InChI=1S/C17H16FN3O2S/c1-9(2)23-17(22)14-10(3)13-15(19-8-20-16(13)24-14)21-12-7-5-4-6-11(12)18/h4-9H,1-3H3,(H,19,20,21). The topological polar surface area (TPSA) is 64.1 Å². The van der Waals surface area contributed by atoms with E-state index in [1.54, 1.807) is 32.0 Å². The number of carbonyl (C=O) groups excluding carboxylic acids is 1. The fraction of sp³-hybridized carbons (Fsp3) is 0.235. The minimum atomic E-state index is -0.387. The zero-order valence-corrected chi connectivity index (χ0v) is 14.3. The first-order chi connectivity index (χ1) is 11.5. The molecule has 7 heteroatoms. The highest BCUT2D eigenvalue weighted by Crippen LogP contribution is 2.35. The molecule has 3 rings (SSSR count). The van der Waals surface area contributed by atoms with Crippen LogP contribution in [0.15, 0.2) is 30.6 Å². The molecule has 0 saturated heterocycles. The van der Waals surface area contributed by atoms with Crippen LogP contribution in [0, 0.1) is 12.7 Å². The average Bonchev–Trinajstić information content (AvgIpc) is 2.87. The summed E-state index contributed by atoms with van der Waals surface area (Å²) >= 11 is 1.24. The number of benzene rings is 1. The Labute approximate surface area is 142 Å². The van der Waals surface area contributed by atoms with Crippen LogP contribution in [0.25, 0.3) is 10.2 Å². The number of hydrogen-bond donors (Lipinski definition) is 1. The Morgan fingerprint density at radius 3 is 2.75 bits per heavy atom. The van der Waals surface area contributed by atoms with E-state index in [-0.39, 0.29) is 17.9 Å². The van der Waals surface area contributed by atoms with Crippen molar-refractivity contribution >= 4 is 39.0 Å². The predicted molar refractivity (Wildman–Crippen MR) is 92.4 cm³/mol. The number of halogens is 1. The summed E-state index contributed by atoms with van der Waals surface area (Å²) in [4.78, 5) is 21.8. The van der Waals surface area contributed by atoms with E-state index >= 15 is 0 Å². The van der Waals surface area contributed by atoms with Crippen LogP contribution in [-0.4, -0.2) is 22.0 Å². The van der Waals surface area contributed by atoms with Gasteiger partial charge in [-0.15, -0.1) is 11.3 Å². The maximum atomic E-state index is 13.9. The molecule has 0 aliphatic rings. The van der Waals surface area contributed by atoms with Crippen molar-refractivity contribution in [2.24, 2.45) is 0 Å². The van der Waals surface area contributed by atoms with Crippen molar-refractivity contribution < 1.29 is 13.9 Å². The largest absolute Gasteiger partial charge is 0.459 e. The average molecular weight is 345 g/mol. The van der Waals surface area contributed by atoms with Crippen molar-refractivity contribution in [2.45, 2.75) is 26.9 Å². The highest BCUT2D eigenvalue weighted by molar-refractivity contribution is 7.20. The maximum Gasteiger partial charge on any atom is 0.348 e. The molecular weight excluding hydrogens is 329 g/mol. The molecule has 0 spiro atoms. The van der Waals surface area contributed by atoms with Crippen LogP contribution in [0.5, 0.6) is 0 Å². The molecule has 0 amide bonds. The van der Waals surface area contributed by atoms with Gasteiger partial charge in [-0.25, -0.2) is 19.2 Å². The van der Waals surface area contributed by atoms with E-state index < -0.39 is 0 Å². The van der Waals surface area contributed by atoms with Crippen LogP contribution in [0.3, 0.4) is 0 Å². The maximum absolute atomic E-state index is 13.9. The zero-order chi connectivity index (χ0) is 17.3. The van der Waals surface area contributed by atoms with Gasteiger partial charge in [0.2, 0.25) is 0 Å². The van der Waals surface area contributed by atoms with Gasteiger partial charge >= 0.3 is 5.97 Å². The molecule has 124 valence electrons. The Morgan fingerprint density at radius 1 is 1.29 bits per heavy atom. The Morgan fingerprint density at radius 2 is 2.04 bits per heavy atom. The van der Waals surface area contributed by atoms with Crippen molar-refractivity contribution in [1.29, 1.82) is 0 Å². The van der Waals surface area contributed by atoms with Gasteiger partial charge in [-0.3, -0.25) is 0 Å². The lowest BCUT2D eigenvalue weighted by molar-refractivity contribution is 0.0383. The third-order valence-electron chi connectivity index (χ3n) is 3.38. The molecular formula is C17H16FN3O2S. The number of thiophene rings is 1. The van der Waals surface area contributed by atoms with Crippen molar-refractivity contribution in [3.8, 4) is 0 Å². The molecule has 0 saturated carbocycles. The van der Waals surface area contributed by atoms with Crippen LogP contribution < -0.4 is 5.32 Å². The van der Waals surface area contributed by atoms with E-state index in [1.807, 2.05) is 6.92 Å². The molecule has 0 radical (unpaired) electrons. The molecule has 0 bridgehead atoms. The van der Waals surface area contributed by atoms with Crippen molar-refractivity contribution in [2.75, 3.05) is 5.32 Å². The first-order valence-electron chi connectivity index (χ1n) is 7.44. The SMILES string of the molecule is Cc1c(C(=O)OC(C)C)sc2ncnc(Nc3ccccc3F)c12. The number of fused-ring (bicyclic) bond motifs is 1. The summed E-state index contributed by atoms with van der Waals surface area (Å²) in [5.74, 6) is -0.304. The molecule has 0 aliphatic heterocycles. The monoisotopic (exact) mass is 345 g/mol. The van der Waals surface area contributed by atoms with E-state index in [9.17, 15) is 9.18 Å². The number of para-hydroxylation sites is 1. The van der Waals surface area contributed by atoms with Gasteiger partial charge in [-0.2, -0.15) is 0 Å². The van der Waals surface area contributed by atoms with Crippen LogP contribution in [-0.2, 0) is 4.74 Å². The van der Waals surface area contributed by atoms with Gasteiger partial charge in [0.05, 0.1) is 17.2 Å². The predicted octanol–water partition coefficient (Wildman–Crippen LogP) is 4.45. The fourth-order valence-corrected chi connectivity index (χ4v) is 3.35. The summed E-state index contributed by atoms with van der Waals surface area (Å²) in [6.45, 7) is 5.41. The molecule has 2 heterocycles. The normalized spacial score (nSPS) is 11.0. The third kappa shape index (κ3) is 3.07. The number of anilines is 2. The van der Waals surface area contributed by atoms with E-state index in [1.165, 1.54) is 23.7 Å². The van der Waals surface area contributed by atoms with Gasteiger partial charge in [-0.1, -0.05) is 12.1 Å². The molecule has 3 aromatic rings. The summed E-state index contributed by atoms with van der Waals surface area (Å²) < 4.78 is 19.1. The van der Waals surface area contributed by atoms with E-state index in [2.05, 4.69) is 15.3 Å². The van der Waals surface area contributed by atoms with Crippen LogP contribution in [0.2, 0.25) is 0 Å². The summed E-state index contributed by atoms with van der Waals surface area (Å²) in [7, 11) is 0. The Kier molecular flexibility index (Phi) is 4.44. The van der Waals surface area contributed by atoms with E-state index in [0.717, 1.165) is 5.56 Å². The molecule has 0 aliphatic carbocycles. The van der Waals surface area contributed by atoms with Gasteiger partial charge in [0.1, 0.15) is 27.7 Å². The Bertz CT molecular complexity index is 908. The van der Waals surface area contributed by atoms with Crippen molar-refractivity contribution in [3.05, 3.63) is 46.9 Å². The lowest BCUT2D eigenvalue weighted by atomic mass is 10.2. The number of aryl methyl sites for hydroxylation is 1. The summed E-state index contributed by atoms with van der Waals surface area (Å²) in [6.07, 6.45) is 1.18. The molecule has 24 heavy (non-hydrogen) atoms. The van der Waals surface area contributed by atoms with Crippen LogP contribution in [0.1, 0.15) is 29.1 Å². The number of carbonyl (C=O) groups is 1. The lowest BCUT2D eigenvalue weighted by Crippen LogP contribution is -2.11. The number of nitrogens with one attached hydrogen (secondary N) is 1. The number of ether oxygens (including phenoxy) is 1. The summed E-state index contributed by atoms with van der Waals surface area (Å²) in [5, 5.41) is 3.67. The lowest BCUT2D eigenvalue weighted by Gasteiger charge is -2.08. The summed E-state index contributed by atoms with van der Waals surface area (Å²) in [5.41, 5.74) is 1.04. The van der Waals surface area contributed by atoms with Gasteiger partial charge in [-0.05, 0) is 38.5 Å². The van der Waals surface area contributed by atoms with Gasteiger partial charge in [0, 0.05) is 0 Å². The minimum absolute atomic E-state index is 0.204. The molecule has 0 fully saturated rings. The molecule has 2 aromatic heterocycles. The number of hydrogen-bond acceptors (Lipinski definition) is 6. The first kappa shape index (κ1) is 16.3. The minimum Gasteiger partial charge on any atom is -0.459 e. The van der Waals surface area contributed by atoms with Gasteiger partial charge < -0.3 is 10.1 Å².